The molecule has 2 heterocycles. The second kappa shape index (κ2) is 5.58. The molecule has 0 aromatic carbocycles. The van der Waals surface area contributed by atoms with Crippen molar-refractivity contribution in [1.29, 1.82) is 0 Å². The molecule has 6 heteroatoms. The van der Waals surface area contributed by atoms with Crippen molar-refractivity contribution >= 4 is 22.9 Å². The third-order valence-corrected chi connectivity index (χ3v) is 4.75. The topological polar surface area (TPSA) is 54.9 Å². The summed E-state index contributed by atoms with van der Waals surface area (Å²) in [7, 11) is 0. The van der Waals surface area contributed by atoms with Gasteiger partial charge in [-0.2, -0.15) is 0 Å². The van der Waals surface area contributed by atoms with Gasteiger partial charge in [0.05, 0.1) is 11.6 Å². The van der Waals surface area contributed by atoms with Gasteiger partial charge in [0.15, 0.2) is 0 Å². The normalized spacial score (nSPS) is 12.7. The number of thiophene rings is 1. The monoisotopic (exact) mass is 312 g/mol. The van der Waals surface area contributed by atoms with Gasteiger partial charge in [-0.1, -0.05) is 18.5 Å². The van der Waals surface area contributed by atoms with E-state index in [9.17, 15) is 9.59 Å². The van der Waals surface area contributed by atoms with Gasteiger partial charge in [-0.25, -0.2) is 4.79 Å². The molecule has 0 aliphatic carbocycles. The molecule has 20 heavy (non-hydrogen) atoms. The van der Waals surface area contributed by atoms with Crippen LogP contribution in [0.5, 0.6) is 0 Å². The highest BCUT2D eigenvalue weighted by molar-refractivity contribution is 7.12. The maximum absolute atomic E-state index is 12.4. The van der Waals surface area contributed by atoms with E-state index in [2.05, 4.69) is 4.98 Å². The van der Waals surface area contributed by atoms with Crippen molar-refractivity contribution in [2.45, 2.75) is 40.2 Å². The SMILES string of the molecule is CCc1c(Cl)[nH]c(=O)n(C(C)c2cc(C)sc2C)c1=O. The summed E-state index contributed by atoms with van der Waals surface area (Å²) in [6, 6.07) is 1.72. The standard InChI is InChI=1S/C14H17ClN2O2S/c1-5-10-12(15)16-14(19)17(13(10)18)8(3)11-6-7(2)20-9(11)4/h6,8H,5H2,1-4H3,(H,16,19). The first-order chi connectivity index (χ1) is 9.36. The van der Waals surface area contributed by atoms with E-state index in [1.54, 1.807) is 11.3 Å². The van der Waals surface area contributed by atoms with Crippen LogP contribution >= 0.6 is 22.9 Å². The third kappa shape index (κ3) is 2.47. The molecule has 108 valence electrons. The molecule has 2 rings (SSSR count). The lowest BCUT2D eigenvalue weighted by Gasteiger charge is -2.15. The quantitative estimate of drug-likeness (QED) is 0.886. The van der Waals surface area contributed by atoms with Crippen molar-refractivity contribution in [3.05, 3.63) is 52.9 Å². The summed E-state index contributed by atoms with van der Waals surface area (Å²) in [6.45, 7) is 7.72. The summed E-state index contributed by atoms with van der Waals surface area (Å²) in [5, 5.41) is 0.143. The highest BCUT2D eigenvalue weighted by atomic mass is 35.5. The van der Waals surface area contributed by atoms with Gasteiger partial charge in [0.2, 0.25) is 0 Å². The van der Waals surface area contributed by atoms with Crippen LogP contribution in [-0.4, -0.2) is 9.55 Å². The van der Waals surface area contributed by atoms with Crippen molar-refractivity contribution in [3.63, 3.8) is 0 Å². The molecule has 0 saturated heterocycles. The second-order valence-corrected chi connectivity index (χ2v) is 6.63. The van der Waals surface area contributed by atoms with Crippen LogP contribution in [0.3, 0.4) is 0 Å². The first-order valence-electron chi connectivity index (χ1n) is 6.46. The molecule has 0 bridgehead atoms. The molecule has 2 aromatic heterocycles. The van der Waals surface area contributed by atoms with Gasteiger partial charge in [-0.15, -0.1) is 11.3 Å². The minimum absolute atomic E-state index is 0.143. The summed E-state index contributed by atoms with van der Waals surface area (Å²) >= 11 is 7.59. The smallest absolute Gasteiger partial charge is 0.297 e. The van der Waals surface area contributed by atoms with E-state index in [1.807, 2.05) is 33.8 Å². The number of rotatable bonds is 3. The summed E-state index contributed by atoms with van der Waals surface area (Å²) in [5.41, 5.74) is 0.678. The highest BCUT2D eigenvalue weighted by Crippen LogP contribution is 2.27. The van der Waals surface area contributed by atoms with Gasteiger partial charge in [-0.3, -0.25) is 14.3 Å². The summed E-state index contributed by atoms with van der Waals surface area (Å²) in [4.78, 5) is 29.4. The van der Waals surface area contributed by atoms with Crippen LogP contribution in [0.1, 0.15) is 40.8 Å². The first kappa shape index (κ1) is 15.1. The van der Waals surface area contributed by atoms with Crippen molar-refractivity contribution in [2.75, 3.05) is 0 Å². The molecule has 0 saturated carbocycles. The lowest BCUT2D eigenvalue weighted by Crippen LogP contribution is -2.39. The molecule has 1 atom stereocenters. The largest absolute Gasteiger partial charge is 0.330 e. The number of hydrogen-bond acceptors (Lipinski definition) is 3. The van der Waals surface area contributed by atoms with Crippen LogP contribution in [0, 0.1) is 13.8 Å². The maximum Gasteiger partial charge on any atom is 0.330 e. The van der Waals surface area contributed by atoms with Crippen LogP contribution in [0.25, 0.3) is 0 Å². The molecule has 0 fully saturated rings. The Balaban J connectivity index is 2.67. The van der Waals surface area contributed by atoms with Gasteiger partial charge in [-0.05, 0) is 38.8 Å². The van der Waals surface area contributed by atoms with Crippen LogP contribution in [0.2, 0.25) is 5.15 Å². The number of aromatic amines is 1. The molecule has 4 nitrogen and oxygen atoms in total. The van der Waals surface area contributed by atoms with E-state index in [0.717, 1.165) is 10.4 Å². The lowest BCUT2D eigenvalue weighted by molar-refractivity contribution is 0.571. The predicted molar refractivity (Wildman–Crippen MR) is 83.3 cm³/mol. The molecule has 0 aliphatic heterocycles. The Bertz CT molecular complexity index is 758. The van der Waals surface area contributed by atoms with Crippen molar-refractivity contribution in [3.8, 4) is 0 Å². The Hall–Kier alpha value is -1.33. The van der Waals surface area contributed by atoms with Crippen LogP contribution in [0.15, 0.2) is 15.7 Å². The fourth-order valence-electron chi connectivity index (χ4n) is 2.42. The average Bonchev–Trinajstić information content (AvgIpc) is 2.68. The Morgan fingerprint density at radius 2 is 2.05 bits per heavy atom. The van der Waals surface area contributed by atoms with Gasteiger partial charge in [0.1, 0.15) is 5.15 Å². The molecule has 2 aromatic rings. The summed E-state index contributed by atoms with van der Waals surface area (Å²) < 4.78 is 1.25. The molecular formula is C14H17ClN2O2S. The Kier molecular flexibility index (Phi) is 4.20. The van der Waals surface area contributed by atoms with Crippen LogP contribution in [0.4, 0.5) is 0 Å². The Morgan fingerprint density at radius 3 is 2.55 bits per heavy atom. The number of halogens is 1. The molecule has 0 spiro atoms. The maximum atomic E-state index is 12.4. The van der Waals surface area contributed by atoms with Gasteiger partial charge in [0, 0.05) is 9.75 Å². The number of nitrogens with one attached hydrogen (secondary N) is 1. The number of aryl methyl sites for hydroxylation is 2. The zero-order valence-corrected chi connectivity index (χ0v) is 13.5. The fourth-order valence-corrected chi connectivity index (χ4v) is 3.74. The third-order valence-electron chi connectivity index (χ3n) is 3.45. The molecule has 0 amide bonds. The van der Waals surface area contributed by atoms with Crippen LogP contribution in [-0.2, 0) is 6.42 Å². The van der Waals surface area contributed by atoms with Crippen molar-refractivity contribution < 1.29 is 0 Å². The molecule has 1 N–H and O–H groups in total. The number of H-pyrrole nitrogens is 1. The number of nitrogens with zero attached hydrogens (tertiary/aromatic N) is 1. The fraction of sp³-hybridized carbons (Fsp3) is 0.429. The van der Waals surface area contributed by atoms with Crippen LogP contribution < -0.4 is 11.2 Å². The van der Waals surface area contributed by atoms with E-state index in [0.29, 0.717) is 12.0 Å². The van der Waals surface area contributed by atoms with Gasteiger partial charge < -0.3 is 0 Å². The molecule has 0 aliphatic rings. The van der Waals surface area contributed by atoms with E-state index >= 15 is 0 Å². The number of hydrogen-bond donors (Lipinski definition) is 1. The summed E-state index contributed by atoms with van der Waals surface area (Å²) in [6.07, 6.45) is 0.489. The Morgan fingerprint density at radius 1 is 1.40 bits per heavy atom. The minimum atomic E-state index is -0.465. The van der Waals surface area contributed by atoms with E-state index < -0.39 is 5.69 Å². The minimum Gasteiger partial charge on any atom is -0.297 e. The highest BCUT2D eigenvalue weighted by Gasteiger charge is 2.19. The van der Waals surface area contributed by atoms with Crippen molar-refractivity contribution in [2.24, 2.45) is 0 Å². The van der Waals surface area contributed by atoms with Gasteiger partial charge in [0.25, 0.3) is 5.56 Å². The summed E-state index contributed by atoms with van der Waals surface area (Å²) in [5.74, 6) is 0. The Labute approximate surface area is 126 Å². The van der Waals surface area contributed by atoms with E-state index in [4.69, 9.17) is 11.6 Å². The zero-order valence-electron chi connectivity index (χ0n) is 11.9. The molecule has 0 radical (unpaired) electrons. The average molecular weight is 313 g/mol. The predicted octanol–water partition coefficient (Wildman–Crippen LogP) is 3.04. The lowest BCUT2D eigenvalue weighted by atomic mass is 10.1. The van der Waals surface area contributed by atoms with E-state index in [-0.39, 0.29) is 16.8 Å². The zero-order chi connectivity index (χ0) is 15.0. The van der Waals surface area contributed by atoms with Crippen molar-refractivity contribution in [1.82, 2.24) is 9.55 Å². The number of aromatic nitrogens is 2. The van der Waals surface area contributed by atoms with E-state index in [1.165, 1.54) is 9.44 Å². The second-order valence-electron chi connectivity index (χ2n) is 4.80. The molecular weight excluding hydrogens is 296 g/mol. The van der Waals surface area contributed by atoms with Gasteiger partial charge >= 0.3 is 5.69 Å². The first-order valence-corrected chi connectivity index (χ1v) is 7.66. The molecule has 1 unspecified atom stereocenters.